The fourth-order valence-electron chi connectivity index (χ4n) is 4.99. The Balaban J connectivity index is 1.61. The number of rotatable bonds is 46. The van der Waals surface area contributed by atoms with Gasteiger partial charge in [-0.25, -0.2) is 4.79 Å². The molecule has 1 aromatic carbocycles. The Kier molecular flexibility index (Phi) is 42.5. The maximum atomic E-state index is 11.7. The highest BCUT2D eigenvalue weighted by atomic mass is 16.6. The molecule has 1 rings (SSSR count). The molecule has 14 nitrogen and oxygen atoms in total. The SMILES string of the molecule is CCCCCCCCCCCCOCCOCCOCCOCCOCCOCCOCCOCCOCCOCCOCCNC(=O)OCc1ccccc1. The number of nitrogens with one attached hydrogen (secondary N) is 1. The number of hydrogen-bond donors (Lipinski definition) is 1. The number of carbonyl (C=O) groups is 1. The number of alkyl carbamates (subject to hydrolysis) is 1. The molecule has 0 aliphatic heterocycles. The molecule has 0 aromatic heterocycles. The molecule has 56 heavy (non-hydrogen) atoms. The van der Waals surface area contributed by atoms with Gasteiger partial charge in [-0.15, -0.1) is 0 Å². The van der Waals surface area contributed by atoms with Gasteiger partial charge in [-0.2, -0.15) is 0 Å². The standard InChI is InChI=1S/C42H77NO13/c1-2-3-4-5-6-7-8-9-10-14-18-45-20-22-47-24-26-49-28-30-51-32-34-53-36-38-55-39-37-54-35-33-52-31-29-50-27-25-48-23-21-46-19-17-43-42(44)56-40-41-15-12-11-13-16-41/h11-13,15-16H,2-10,14,17-40H2,1H3,(H,43,44). The molecule has 1 amide bonds. The molecule has 0 atom stereocenters. The van der Waals surface area contributed by atoms with E-state index in [2.05, 4.69) is 12.2 Å². The van der Waals surface area contributed by atoms with E-state index < -0.39 is 6.09 Å². The number of benzene rings is 1. The lowest BCUT2D eigenvalue weighted by Gasteiger charge is -2.09. The van der Waals surface area contributed by atoms with Gasteiger partial charge in [-0.3, -0.25) is 0 Å². The summed E-state index contributed by atoms with van der Waals surface area (Å²) in [5.74, 6) is 0. The van der Waals surface area contributed by atoms with Crippen molar-refractivity contribution in [2.45, 2.75) is 77.7 Å². The third kappa shape index (κ3) is 41.7. The van der Waals surface area contributed by atoms with Crippen LogP contribution in [-0.4, -0.2) is 158 Å². The van der Waals surface area contributed by atoms with Gasteiger partial charge in [0.1, 0.15) is 6.61 Å². The zero-order valence-electron chi connectivity index (χ0n) is 34.7. The Morgan fingerprint density at radius 3 is 1.05 bits per heavy atom. The summed E-state index contributed by atoms with van der Waals surface area (Å²) in [5, 5.41) is 2.65. The first-order valence-corrected chi connectivity index (χ1v) is 21.1. The third-order valence-corrected chi connectivity index (χ3v) is 8.09. The van der Waals surface area contributed by atoms with Gasteiger partial charge in [0.25, 0.3) is 0 Å². The number of hydrogen-bond acceptors (Lipinski definition) is 13. The second kappa shape index (κ2) is 45.7. The van der Waals surface area contributed by atoms with Gasteiger partial charge in [0.2, 0.25) is 0 Å². The number of amides is 1. The first kappa shape index (κ1) is 52.1. The van der Waals surface area contributed by atoms with Crippen molar-refractivity contribution in [3.8, 4) is 0 Å². The van der Waals surface area contributed by atoms with E-state index in [1.165, 1.54) is 57.8 Å². The Hall–Kier alpha value is -1.95. The summed E-state index contributed by atoms with van der Waals surface area (Å²) >= 11 is 0. The molecule has 0 saturated heterocycles. The molecule has 0 spiro atoms. The molecular formula is C42H77NO13. The first-order chi connectivity index (χ1) is 27.8. The average Bonchev–Trinajstić information content (AvgIpc) is 3.22. The molecule has 0 fully saturated rings. The van der Waals surface area contributed by atoms with Crippen LogP contribution in [-0.2, 0) is 63.4 Å². The van der Waals surface area contributed by atoms with Gasteiger partial charge in [-0.05, 0) is 12.0 Å². The van der Waals surface area contributed by atoms with Crippen LogP contribution in [0.5, 0.6) is 0 Å². The molecule has 0 radical (unpaired) electrons. The van der Waals surface area contributed by atoms with E-state index in [0.29, 0.717) is 145 Å². The smallest absolute Gasteiger partial charge is 0.407 e. The molecule has 0 heterocycles. The van der Waals surface area contributed by atoms with Gasteiger partial charge in [-0.1, -0.05) is 95.0 Å². The average molecular weight is 804 g/mol. The fraction of sp³-hybridized carbons (Fsp3) is 0.833. The summed E-state index contributed by atoms with van der Waals surface area (Å²) in [6.45, 7) is 14.4. The normalized spacial score (nSPS) is 11.4. The van der Waals surface area contributed by atoms with Crippen molar-refractivity contribution in [3.05, 3.63) is 35.9 Å². The molecule has 14 heteroatoms. The van der Waals surface area contributed by atoms with E-state index in [0.717, 1.165) is 18.6 Å². The van der Waals surface area contributed by atoms with E-state index in [4.69, 9.17) is 56.8 Å². The molecule has 0 saturated carbocycles. The molecule has 1 aromatic rings. The zero-order chi connectivity index (χ0) is 39.9. The Bertz CT molecular complexity index is 903. The highest BCUT2D eigenvalue weighted by molar-refractivity contribution is 5.67. The quantitative estimate of drug-likeness (QED) is 0.0770. The van der Waals surface area contributed by atoms with E-state index in [1.54, 1.807) is 0 Å². The minimum absolute atomic E-state index is 0.239. The lowest BCUT2D eigenvalue weighted by Crippen LogP contribution is -2.28. The van der Waals surface area contributed by atoms with Gasteiger partial charge < -0.3 is 62.2 Å². The Morgan fingerprint density at radius 2 is 0.696 bits per heavy atom. The van der Waals surface area contributed by atoms with Crippen LogP contribution in [0.3, 0.4) is 0 Å². The van der Waals surface area contributed by atoms with Crippen LogP contribution in [0.4, 0.5) is 4.79 Å². The molecular weight excluding hydrogens is 726 g/mol. The van der Waals surface area contributed by atoms with Gasteiger partial charge >= 0.3 is 6.09 Å². The van der Waals surface area contributed by atoms with E-state index in [1.807, 2.05) is 30.3 Å². The van der Waals surface area contributed by atoms with Crippen LogP contribution in [0.15, 0.2) is 30.3 Å². The Morgan fingerprint density at radius 1 is 0.393 bits per heavy atom. The lowest BCUT2D eigenvalue weighted by atomic mass is 10.1. The van der Waals surface area contributed by atoms with Crippen molar-refractivity contribution in [2.24, 2.45) is 0 Å². The summed E-state index contributed by atoms with van der Waals surface area (Å²) in [6, 6.07) is 9.52. The monoisotopic (exact) mass is 804 g/mol. The first-order valence-electron chi connectivity index (χ1n) is 21.1. The molecule has 328 valence electrons. The topological polar surface area (TPSA) is 140 Å². The van der Waals surface area contributed by atoms with E-state index in [9.17, 15) is 4.79 Å². The van der Waals surface area contributed by atoms with Crippen LogP contribution in [0, 0.1) is 0 Å². The molecule has 0 bridgehead atoms. The van der Waals surface area contributed by atoms with E-state index >= 15 is 0 Å². The largest absolute Gasteiger partial charge is 0.445 e. The summed E-state index contributed by atoms with van der Waals surface area (Å²) in [5.41, 5.74) is 0.939. The maximum absolute atomic E-state index is 11.7. The summed E-state index contributed by atoms with van der Waals surface area (Å²) in [4.78, 5) is 11.7. The minimum Gasteiger partial charge on any atom is -0.445 e. The van der Waals surface area contributed by atoms with Gasteiger partial charge in [0.05, 0.1) is 139 Å². The van der Waals surface area contributed by atoms with Crippen LogP contribution in [0.1, 0.15) is 76.7 Å². The summed E-state index contributed by atoms with van der Waals surface area (Å²) < 4.78 is 65.8. The number of unbranched alkanes of at least 4 members (excludes halogenated alkanes) is 9. The molecule has 0 aliphatic carbocycles. The second-order valence-corrected chi connectivity index (χ2v) is 12.9. The van der Waals surface area contributed by atoms with Crippen molar-refractivity contribution in [2.75, 3.05) is 152 Å². The highest BCUT2D eigenvalue weighted by Gasteiger charge is 2.02. The van der Waals surface area contributed by atoms with Crippen LogP contribution in [0.25, 0.3) is 0 Å². The van der Waals surface area contributed by atoms with Gasteiger partial charge in [0.15, 0.2) is 0 Å². The Labute approximate surface area is 338 Å². The van der Waals surface area contributed by atoms with Crippen molar-refractivity contribution < 1.29 is 61.6 Å². The maximum Gasteiger partial charge on any atom is 0.407 e. The van der Waals surface area contributed by atoms with Crippen LogP contribution in [0.2, 0.25) is 0 Å². The molecule has 0 unspecified atom stereocenters. The molecule has 1 N–H and O–H groups in total. The predicted octanol–water partition coefficient (Wildman–Crippen LogP) is 6.02. The summed E-state index contributed by atoms with van der Waals surface area (Å²) in [6.07, 6.45) is 12.9. The van der Waals surface area contributed by atoms with Crippen molar-refractivity contribution in [1.29, 1.82) is 0 Å². The zero-order valence-corrected chi connectivity index (χ0v) is 34.7. The fourth-order valence-corrected chi connectivity index (χ4v) is 4.99. The third-order valence-electron chi connectivity index (χ3n) is 8.09. The van der Waals surface area contributed by atoms with E-state index in [-0.39, 0.29) is 6.61 Å². The number of ether oxygens (including phenoxy) is 12. The highest BCUT2D eigenvalue weighted by Crippen LogP contribution is 2.10. The lowest BCUT2D eigenvalue weighted by molar-refractivity contribution is -0.0275. The van der Waals surface area contributed by atoms with Gasteiger partial charge in [0, 0.05) is 13.2 Å². The van der Waals surface area contributed by atoms with Crippen molar-refractivity contribution in [1.82, 2.24) is 5.32 Å². The minimum atomic E-state index is -0.467. The summed E-state index contributed by atoms with van der Waals surface area (Å²) in [7, 11) is 0. The molecule has 0 aliphatic rings. The van der Waals surface area contributed by atoms with Crippen LogP contribution < -0.4 is 5.32 Å². The van der Waals surface area contributed by atoms with Crippen molar-refractivity contribution >= 4 is 6.09 Å². The second-order valence-electron chi connectivity index (χ2n) is 12.9. The predicted molar refractivity (Wildman–Crippen MR) is 215 cm³/mol. The van der Waals surface area contributed by atoms with Crippen LogP contribution >= 0.6 is 0 Å². The van der Waals surface area contributed by atoms with Crippen molar-refractivity contribution in [3.63, 3.8) is 0 Å². The number of carbonyl (C=O) groups excluding carboxylic acids is 1.